The largest absolute Gasteiger partial charge is 0.497 e. The average molecular weight is 390 g/mol. The number of piperidine rings is 1. The summed E-state index contributed by atoms with van der Waals surface area (Å²) in [5.41, 5.74) is 9.69. The number of rotatable bonds is 6. The third-order valence-corrected chi connectivity index (χ3v) is 5.48. The first-order valence-corrected chi connectivity index (χ1v) is 9.94. The van der Waals surface area contributed by atoms with Gasteiger partial charge in [0.05, 0.1) is 24.4 Å². The van der Waals surface area contributed by atoms with E-state index >= 15 is 0 Å². The van der Waals surface area contributed by atoms with Crippen LogP contribution >= 0.6 is 0 Å². The molecule has 1 saturated heterocycles. The van der Waals surface area contributed by atoms with Gasteiger partial charge < -0.3 is 10.5 Å². The molecule has 2 heterocycles. The molecule has 2 aromatic carbocycles. The van der Waals surface area contributed by atoms with Crippen molar-refractivity contribution in [3.05, 3.63) is 66.4 Å². The van der Waals surface area contributed by atoms with E-state index in [-0.39, 0.29) is 11.8 Å². The Morgan fingerprint density at radius 3 is 2.62 bits per heavy atom. The topological polar surface area (TPSA) is 73.4 Å². The number of nitrogens with zero attached hydrogens (tertiary/aromatic N) is 3. The molecular formula is C23H26N4O2. The van der Waals surface area contributed by atoms with Crippen LogP contribution in [0, 0.1) is 5.92 Å². The van der Waals surface area contributed by atoms with E-state index in [2.05, 4.69) is 11.1 Å². The SMILES string of the molecule is COc1ccc(-c2nn(-c3ccccc3)cc2CN2CCC[C@@H](C(N)=O)C2)cc1. The number of benzene rings is 2. The number of ether oxygens (including phenoxy) is 1. The fraction of sp³-hybridized carbons (Fsp3) is 0.304. The van der Waals surface area contributed by atoms with Crippen LogP contribution in [0.1, 0.15) is 18.4 Å². The maximum Gasteiger partial charge on any atom is 0.221 e. The van der Waals surface area contributed by atoms with Gasteiger partial charge in [-0.25, -0.2) is 4.68 Å². The van der Waals surface area contributed by atoms with Gasteiger partial charge in [0.15, 0.2) is 0 Å². The van der Waals surface area contributed by atoms with Crippen LogP contribution in [0.2, 0.25) is 0 Å². The van der Waals surface area contributed by atoms with Crippen molar-refractivity contribution in [2.75, 3.05) is 20.2 Å². The van der Waals surface area contributed by atoms with Crippen LogP contribution in [-0.4, -0.2) is 40.8 Å². The molecule has 6 heteroatoms. The van der Waals surface area contributed by atoms with Crippen molar-refractivity contribution >= 4 is 5.91 Å². The summed E-state index contributed by atoms with van der Waals surface area (Å²) in [6, 6.07) is 18.0. The number of hydrogen-bond donors (Lipinski definition) is 1. The van der Waals surface area contributed by atoms with Gasteiger partial charge >= 0.3 is 0 Å². The number of hydrogen-bond acceptors (Lipinski definition) is 4. The Labute approximate surface area is 170 Å². The fourth-order valence-corrected chi connectivity index (χ4v) is 3.90. The number of aromatic nitrogens is 2. The molecule has 1 fully saturated rings. The van der Waals surface area contributed by atoms with Crippen LogP contribution in [-0.2, 0) is 11.3 Å². The predicted octanol–water partition coefficient (Wildman–Crippen LogP) is 3.25. The van der Waals surface area contributed by atoms with Gasteiger partial charge in [0.1, 0.15) is 5.75 Å². The Morgan fingerprint density at radius 1 is 1.17 bits per heavy atom. The average Bonchev–Trinajstić information content (AvgIpc) is 3.18. The number of primary amides is 1. The zero-order chi connectivity index (χ0) is 20.2. The molecule has 1 aromatic heterocycles. The van der Waals surface area contributed by atoms with Crippen molar-refractivity contribution in [2.45, 2.75) is 19.4 Å². The molecule has 6 nitrogen and oxygen atoms in total. The number of methoxy groups -OCH3 is 1. The number of para-hydroxylation sites is 1. The molecule has 0 unspecified atom stereocenters. The quantitative estimate of drug-likeness (QED) is 0.701. The lowest BCUT2D eigenvalue weighted by atomic mass is 9.97. The van der Waals surface area contributed by atoms with Crippen molar-refractivity contribution in [1.29, 1.82) is 0 Å². The smallest absolute Gasteiger partial charge is 0.221 e. The first-order valence-electron chi connectivity index (χ1n) is 9.94. The standard InChI is InChI=1S/C23H26N4O2/c1-29-21-11-9-17(10-12-21)22-19(15-26-13-5-6-18(14-26)23(24)28)16-27(25-22)20-7-3-2-4-8-20/h2-4,7-12,16,18H,5-6,13-15H2,1H3,(H2,24,28)/t18-/m1/s1. The molecule has 4 rings (SSSR count). The number of nitrogens with two attached hydrogens (primary N) is 1. The Kier molecular flexibility index (Phi) is 5.62. The van der Waals surface area contributed by atoms with Crippen LogP contribution in [0.15, 0.2) is 60.8 Å². The second kappa shape index (κ2) is 8.49. The summed E-state index contributed by atoms with van der Waals surface area (Å²) in [6.45, 7) is 2.40. The molecule has 0 saturated carbocycles. The molecule has 0 radical (unpaired) electrons. The lowest BCUT2D eigenvalue weighted by Gasteiger charge is -2.31. The number of likely N-dealkylation sites (tertiary alicyclic amines) is 1. The molecule has 0 bridgehead atoms. The van der Waals surface area contributed by atoms with Crippen LogP contribution in [0.25, 0.3) is 16.9 Å². The summed E-state index contributed by atoms with van der Waals surface area (Å²) >= 11 is 0. The van der Waals surface area contributed by atoms with Gasteiger partial charge in [-0.2, -0.15) is 5.10 Å². The number of amides is 1. The highest BCUT2D eigenvalue weighted by molar-refractivity contribution is 5.77. The molecule has 1 amide bonds. The van der Waals surface area contributed by atoms with Gasteiger partial charge in [-0.1, -0.05) is 18.2 Å². The zero-order valence-electron chi connectivity index (χ0n) is 16.6. The number of carbonyl (C=O) groups excluding carboxylic acids is 1. The van der Waals surface area contributed by atoms with Gasteiger partial charge in [-0.05, 0) is 55.8 Å². The highest BCUT2D eigenvalue weighted by Gasteiger charge is 2.25. The summed E-state index contributed by atoms with van der Waals surface area (Å²) in [6.07, 6.45) is 3.95. The highest BCUT2D eigenvalue weighted by Crippen LogP contribution is 2.28. The van der Waals surface area contributed by atoms with Gasteiger partial charge in [-0.3, -0.25) is 9.69 Å². The monoisotopic (exact) mass is 390 g/mol. The minimum absolute atomic E-state index is 0.0719. The van der Waals surface area contributed by atoms with Crippen LogP contribution in [0.3, 0.4) is 0 Å². The molecule has 2 N–H and O–H groups in total. The molecule has 1 atom stereocenters. The molecule has 1 aliphatic heterocycles. The maximum atomic E-state index is 11.7. The normalized spacial score (nSPS) is 17.2. The van der Waals surface area contributed by atoms with Crippen LogP contribution in [0.5, 0.6) is 5.75 Å². The molecule has 29 heavy (non-hydrogen) atoms. The fourth-order valence-electron chi connectivity index (χ4n) is 3.90. The third-order valence-electron chi connectivity index (χ3n) is 5.48. The third kappa shape index (κ3) is 4.32. The summed E-state index contributed by atoms with van der Waals surface area (Å²) in [4.78, 5) is 14.0. The first-order chi connectivity index (χ1) is 14.1. The summed E-state index contributed by atoms with van der Waals surface area (Å²) in [7, 11) is 1.66. The molecule has 0 spiro atoms. The Bertz CT molecular complexity index is 966. The second-order valence-electron chi connectivity index (χ2n) is 7.49. The van der Waals surface area contributed by atoms with Gasteiger partial charge in [0, 0.05) is 30.4 Å². The van der Waals surface area contributed by atoms with E-state index in [1.54, 1.807) is 7.11 Å². The van der Waals surface area contributed by atoms with E-state index in [0.717, 1.165) is 54.2 Å². The molecular weight excluding hydrogens is 364 g/mol. The van der Waals surface area contributed by atoms with Crippen molar-refractivity contribution in [3.8, 4) is 22.7 Å². The van der Waals surface area contributed by atoms with Crippen molar-refractivity contribution in [1.82, 2.24) is 14.7 Å². The van der Waals surface area contributed by atoms with E-state index in [0.29, 0.717) is 6.54 Å². The Hall–Kier alpha value is -3.12. The summed E-state index contributed by atoms with van der Waals surface area (Å²) in [5.74, 6) is 0.542. The van der Waals surface area contributed by atoms with Crippen molar-refractivity contribution in [2.24, 2.45) is 11.7 Å². The van der Waals surface area contributed by atoms with Crippen LogP contribution in [0.4, 0.5) is 0 Å². The van der Waals surface area contributed by atoms with E-state index in [4.69, 9.17) is 15.6 Å². The zero-order valence-corrected chi connectivity index (χ0v) is 16.6. The summed E-state index contributed by atoms with van der Waals surface area (Å²) in [5, 5.41) is 4.88. The second-order valence-corrected chi connectivity index (χ2v) is 7.49. The molecule has 0 aliphatic carbocycles. The Balaban J connectivity index is 1.67. The van der Waals surface area contributed by atoms with Crippen LogP contribution < -0.4 is 10.5 Å². The molecule has 1 aliphatic rings. The van der Waals surface area contributed by atoms with Gasteiger partial charge in [0.25, 0.3) is 0 Å². The first kappa shape index (κ1) is 19.2. The van der Waals surface area contributed by atoms with E-state index in [1.165, 1.54) is 0 Å². The lowest BCUT2D eigenvalue weighted by Crippen LogP contribution is -2.40. The minimum atomic E-state index is -0.204. The minimum Gasteiger partial charge on any atom is -0.497 e. The molecule has 150 valence electrons. The lowest BCUT2D eigenvalue weighted by molar-refractivity contribution is -0.123. The van der Waals surface area contributed by atoms with E-state index in [9.17, 15) is 4.79 Å². The summed E-state index contributed by atoms with van der Waals surface area (Å²) < 4.78 is 7.21. The van der Waals surface area contributed by atoms with Crippen molar-refractivity contribution in [3.63, 3.8) is 0 Å². The van der Waals surface area contributed by atoms with Gasteiger partial charge in [-0.15, -0.1) is 0 Å². The molecule has 3 aromatic rings. The highest BCUT2D eigenvalue weighted by atomic mass is 16.5. The van der Waals surface area contributed by atoms with E-state index < -0.39 is 0 Å². The van der Waals surface area contributed by atoms with E-state index in [1.807, 2.05) is 59.3 Å². The van der Waals surface area contributed by atoms with Crippen molar-refractivity contribution < 1.29 is 9.53 Å². The van der Waals surface area contributed by atoms with Gasteiger partial charge in [0.2, 0.25) is 5.91 Å². The predicted molar refractivity (Wildman–Crippen MR) is 113 cm³/mol. The number of carbonyl (C=O) groups is 1. The maximum absolute atomic E-state index is 11.7. The Morgan fingerprint density at radius 2 is 1.93 bits per heavy atom.